The number of alkyl halides is 3. The summed E-state index contributed by atoms with van der Waals surface area (Å²) in [4.78, 5) is 22.8. The van der Waals surface area contributed by atoms with Crippen LogP contribution in [0.2, 0.25) is 0 Å². The van der Waals surface area contributed by atoms with E-state index in [1.807, 2.05) is 6.92 Å². The number of hydrogen-bond acceptors (Lipinski definition) is 3. The molecule has 0 aliphatic heterocycles. The molecule has 9 heteroatoms. The summed E-state index contributed by atoms with van der Waals surface area (Å²) >= 11 is 0. The van der Waals surface area contributed by atoms with Crippen molar-refractivity contribution < 1.29 is 18.0 Å². The van der Waals surface area contributed by atoms with Crippen molar-refractivity contribution in [1.29, 1.82) is 0 Å². The Morgan fingerprint density at radius 3 is 2.55 bits per heavy atom. The highest BCUT2D eigenvalue weighted by molar-refractivity contribution is 5.75. The van der Waals surface area contributed by atoms with E-state index in [-0.39, 0.29) is 19.0 Å². The summed E-state index contributed by atoms with van der Waals surface area (Å²) in [5, 5.41) is 5.76. The molecule has 0 saturated heterocycles. The molecule has 0 fully saturated rings. The molecule has 0 aliphatic carbocycles. The van der Waals surface area contributed by atoms with Gasteiger partial charge in [-0.05, 0) is 6.42 Å². The number of carbonyl (C=O) groups is 1. The first-order chi connectivity index (χ1) is 9.27. The molecule has 0 aromatic carbocycles. The maximum atomic E-state index is 12.5. The first-order valence-electron chi connectivity index (χ1n) is 6.25. The van der Waals surface area contributed by atoms with Crippen LogP contribution in [0.1, 0.15) is 32.0 Å². The summed E-state index contributed by atoms with van der Waals surface area (Å²) in [5.41, 5.74) is -0.861. The Hall–Kier alpha value is -1.80. The lowest BCUT2D eigenvalue weighted by atomic mass is 10.2. The first-order valence-corrected chi connectivity index (χ1v) is 6.25. The van der Waals surface area contributed by atoms with Crippen LogP contribution in [-0.2, 0) is 24.6 Å². The van der Waals surface area contributed by atoms with E-state index in [1.54, 1.807) is 0 Å². The fourth-order valence-electron chi connectivity index (χ4n) is 1.61. The van der Waals surface area contributed by atoms with Gasteiger partial charge < -0.3 is 5.32 Å². The molecule has 0 spiro atoms. The summed E-state index contributed by atoms with van der Waals surface area (Å²) in [6.07, 6.45) is -2.69. The fraction of sp³-hybridized carbons (Fsp3) is 0.727. The van der Waals surface area contributed by atoms with Gasteiger partial charge in [-0.3, -0.25) is 9.36 Å². The Morgan fingerprint density at radius 1 is 1.40 bits per heavy atom. The molecule has 0 atom stereocenters. The number of nitrogens with one attached hydrogen (secondary N) is 1. The van der Waals surface area contributed by atoms with Gasteiger partial charge in [-0.15, -0.1) is 5.10 Å². The Labute approximate surface area is 113 Å². The summed E-state index contributed by atoms with van der Waals surface area (Å²) in [7, 11) is 1.01. The van der Waals surface area contributed by atoms with Crippen molar-refractivity contribution in [1.82, 2.24) is 19.7 Å². The van der Waals surface area contributed by atoms with E-state index in [4.69, 9.17) is 0 Å². The monoisotopic (exact) mass is 294 g/mol. The lowest BCUT2D eigenvalue weighted by Gasteiger charge is -2.04. The molecule has 114 valence electrons. The third-order valence-corrected chi connectivity index (χ3v) is 2.70. The second kappa shape index (κ2) is 6.58. The predicted molar refractivity (Wildman–Crippen MR) is 65.0 cm³/mol. The van der Waals surface area contributed by atoms with Crippen molar-refractivity contribution >= 4 is 5.91 Å². The van der Waals surface area contributed by atoms with Crippen molar-refractivity contribution in [2.75, 3.05) is 6.54 Å². The van der Waals surface area contributed by atoms with Crippen LogP contribution in [0.25, 0.3) is 0 Å². The number of nitrogens with zero attached hydrogens (tertiary/aromatic N) is 3. The molecule has 1 rings (SSSR count). The van der Waals surface area contributed by atoms with Crippen molar-refractivity contribution in [3.05, 3.63) is 16.3 Å². The summed E-state index contributed by atoms with van der Waals surface area (Å²) < 4.78 is 38.7. The fourth-order valence-corrected chi connectivity index (χ4v) is 1.61. The number of hydrogen-bond donors (Lipinski definition) is 1. The van der Waals surface area contributed by atoms with Crippen LogP contribution in [0.15, 0.2) is 4.79 Å². The Morgan fingerprint density at radius 2 is 2.05 bits per heavy atom. The highest BCUT2D eigenvalue weighted by Gasteiger charge is 2.37. The Balaban J connectivity index is 2.62. The maximum absolute atomic E-state index is 12.5. The van der Waals surface area contributed by atoms with Crippen LogP contribution in [0, 0.1) is 0 Å². The van der Waals surface area contributed by atoms with Gasteiger partial charge in [-0.2, -0.15) is 13.2 Å². The maximum Gasteiger partial charge on any atom is 0.451 e. The second-order valence-corrected chi connectivity index (χ2v) is 4.34. The van der Waals surface area contributed by atoms with Gasteiger partial charge in [0.05, 0.1) is 6.54 Å². The number of halogens is 3. The lowest BCUT2D eigenvalue weighted by Crippen LogP contribution is -2.31. The highest BCUT2D eigenvalue weighted by atomic mass is 19.4. The average molecular weight is 294 g/mol. The van der Waals surface area contributed by atoms with Crippen LogP contribution in [0.3, 0.4) is 0 Å². The smallest absolute Gasteiger partial charge is 0.354 e. The summed E-state index contributed by atoms with van der Waals surface area (Å²) in [5.74, 6) is -1.44. The lowest BCUT2D eigenvalue weighted by molar-refractivity contribution is -0.147. The van der Waals surface area contributed by atoms with Gasteiger partial charge in [-0.1, -0.05) is 13.3 Å². The van der Waals surface area contributed by atoms with Gasteiger partial charge in [0, 0.05) is 20.0 Å². The van der Waals surface area contributed by atoms with Crippen molar-refractivity contribution in [2.45, 2.75) is 38.9 Å². The molecule has 0 unspecified atom stereocenters. The van der Waals surface area contributed by atoms with Crippen molar-refractivity contribution in [3.8, 4) is 0 Å². The SMILES string of the molecule is CCCCC(=O)NCCn1nc(C(F)(F)F)n(C)c1=O. The van der Waals surface area contributed by atoms with Crippen LogP contribution in [0.5, 0.6) is 0 Å². The Kier molecular flexibility index (Phi) is 5.34. The van der Waals surface area contributed by atoms with E-state index in [1.165, 1.54) is 0 Å². The van der Waals surface area contributed by atoms with Crippen molar-refractivity contribution in [2.24, 2.45) is 7.05 Å². The van der Waals surface area contributed by atoms with Crippen LogP contribution < -0.4 is 11.0 Å². The molecular weight excluding hydrogens is 277 g/mol. The number of rotatable bonds is 6. The third kappa shape index (κ3) is 4.10. The van der Waals surface area contributed by atoms with Crippen molar-refractivity contribution in [3.63, 3.8) is 0 Å². The molecule has 0 aliphatic rings. The molecule has 1 heterocycles. The van der Waals surface area contributed by atoms with Gasteiger partial charge in [0.25, 0.3) is 0 Å². The van der Waals surface area contributed by atoms with Crippen LogP contribution in [0.4, 0.5) is 13.2 Å². The van der Waals surface area contributed by atoms with Crippen LogP contribution >= 0.6 is 0 Å². The van der Waals surface area contributed by atoms with Gasteiger partial charge in [-0.25, -0.2) is 9.48 Å². The van der Waals surface area contributed by atoms with Gasteiger partial charge in [0.2, 0.25) is 11.7 Å². The van der Waals surface area contributed by atoms with E-state index >= 15 is 0 Å². The van der Waals surface area contributed by atoms with Gasteiger partial charge >= 0.3 is 11.9 Å². The number of carbonyl (C=O) groups excluding carboxylic acids is 1. The molecule has 1 amide bonds. The van der Waals surface area contributed by atoms with E-state index in [0.29, 0.717) is 15.7 Å². The van der Waals surface area contributed by atoms with E-state index < -0.39 is 17.7 Å². The minimum atomic E-state index is -4.68. The number of aromatic nitrogens is 3. The largest absolute Gasteiger partial charge is 0.451 e. The second-order valence-electron chi connectivity index (χ2n) is 4.34. The first kappa shape index (κ1) is 16.3. The minimum absolute atomic E-state index is 0.0662. The number of unbranched alkanes of at least 4 members (excludes halogenated alkanes) is 1. The summed E-state index contributed by atoms with van der Waals surface area (Å²) in [6.45, 7) is 1.91. The zero-order valence-electron chi connectivity index (χ0n) is 11.3. The van der Waals surface area contributed by atoms with Gasteiger partial charge in [0.1, 0.15) is 0 Å². The zero-order chi connectivity index (χ0) is 15.3. The zero-order valence-corrected chi connectivity index (χ0v) is 11.3. The topological polar surface area (TPSA) is 68.9 Å². The Bertz CT molecular complexity index is 519. The average Bonchev–Trinajstić information content (AvgIpc) is 2.64. The highest BCUT2D eigenvalue weighted by Crippen LogP contribution is 2.25. The number of amides is 1. The van der Waals surface area contributed by atoms with E-state index in [2.05, 4.69) is 10.4 Å². The predicted octanol–water partition coefficient (Wildman–Crippen LogP) is 0.907. The molecule has 1 N–H and O–H groups in total. The molecule has 0 saturated carbocycles. The molecular formula is C11H17F3N4O2. The molecule has 0 bridgehead atoms. The molecule has 6 nitrogen and oxygen atoms in total. The quantitative estimate of drug-likeness (QED) is 0.848. The minimum Gasteiger partial charge on any atom is -0.354 e. The normalized spacial score (nSPS) is 11.7. The molecule has 20 heavy (non-hydrogen) atoms. The standard InChI is InChI=1S/C11H17F3N4O2/c1-3-4-5-8(19)15-6-7-18-10(20)17(2)9(16-18)11(12,13)14/h3-7H2,1-2H3,(H,15,19). The molecule has 0 radical (unpaired) electrons. The third-order valence-electron chi connectivity index (χ3n) is 2.70. The van der Waals surface area contributed by atoms with E-state index in [9.17, 15) is 22.8 Å². The van der Waals surface area contributed by atoms with Crippen LogP contribution in [-0.4, -0.2) is 26.8 Å². The van der Waals surface area contributed by atoms with Gasteiger partial charge in [0.15, 0.2) is 0 Å². The molecule has 1 aromatic heterocycles. The molecule has 1 aromatic rings. The summed E-state index contributed by atoms with van der Waals surface area (Å²) in [6, 6.07) is 0. The van der Waals surface area contributed by atoms with E-state index in [0.717, 1.165) is 19.9 Å².